The van der Waals surface area contributed by atoms with Crippen LogP contribution in [0.5, 0.6) is 0 Å². The summed E-state index contributed by atoms with van der Waals surface area (Å²) in [6.45, 7) is 3.88. The van der Waals surface area contributed by atoms with Crippen LogP contribution in [0.4, 0.5) is 5.69 Å². The fourth-order valence-electron chi connectivity index (χ4n) is 3.71. The fraction of sp³-hybridized carbons (Fsp3) is 0.458. The van der Waals surface area contributed by atoms with Gasteiger partial charge in [0.2, 0.25) is 10.0 Å². The van der Waals surface area contributed by atoms with Gasteiger partial charge in [0.1, 0.15) is 0 Å². The molecule has 0 atom stereocenters. The number of hydrogen-bond acceptors (Lipinski definition) is 5. The van der Waals surface area contributed by atoms with Crippen LogP contribution in [0, 0.1) is 0 Å². The number of anilines is 1. The summed E-state index contributed by atoms with van der Waals surface area (Å²) in [6, 6.07) is 13.3. The molecular formula is C24H33N3O4S. The van der Waals surface area contributed by atoms with E-state index in [9.17, 15) is 13.2 Å². The van der Waals surface area contributed by atoms with Gasteiger partial charge in [0.15, 0.2) is 0 Å². The van der Waals surface area contributed by atoms with Crippen molar-refractivity contribution in [2.24, 2.45) is 0 Å². The van der Waals surface area contributed by atoms with Crippen molar-refractivity contribution in [3.05, 3.63) is 59.2 Å². The van der Waals surface area contributed by atoms with E-state index in [1.807, 2.05) is 21.0 Å². The molecule has 2 aromatic rings. The molecule has 0 aliphatic carbocycles. The number of sulfonamides is 1. The number of carbonyl (C=O) groups excluding carboxylic acids is 1. The lowest BCUT2D eigenvalue weighted by Gasteiger charge is -2.27. The second kappa shape index (κ2) is 10.9. The normalized spacial score (nSPS) is 14.8. The summed E-state index contributed by atoms with van der Waals surface area (Å²) in [5.41, 5.74) is 3.45. The molecule has 0 bridgehead atoms. The number of aryl methyl sites for hydroxylation is 2. The molecule has 0 saturated carbocycles. The molecule has 8 heteroatoms. The summed E-state index contributed by atoms with van der Waals surface area (Å²) in [6.07, 6.45) is 2.24. The van der Waals surface area contributed by atoms with Crippen LogP contribution in [0.15, 0.2) is 47.4 Å². The number of hydrogen-bond donors (Lipinski definition) is 1. The number of nitrogens with one attached hydrogen (secondary N) is 1. The minimum Gasteiger partial charge on any atom is -0.379 e. The predicted molar refractivity (Wildman–Crippen MR) is 127 cm³/mol. The first-order valence-corrected chi connectivity index (χ1v) is 12.5. The first-order valence-electron chi connectivity index (χ1n) is 11.1. The minimum absolute atomic E-state index is 0.218. The van der Waals surface area contributed by atoms with E-state index < -0.39 is 10.0 Å². The molecule has 32 heavy (non-hydrogen) atoms. The zero-order valence-corrected chi connectivity index (χ0v) is 20.0. The quantitative estimate of drug-likeness (QED) is 0.584. The number of amides is 1. The number of morpholine rings is 1. The van der Waals surface area contributed by atoms with Crippen molar-refractivity contribution in [1.29, 1.82) is 0 Å². The highest BCUT2D eigenvalue weighted by Gasteiger charge is 2.29. The van der Waals surface area contributed by atoms with Gasteiger partial charge in [-0.05, 0) is 54.7 Å². The second-order valence-electron chi connectivity index (χ2n) is 8.11. The largest absolute Gasteiger partial charge is 0.379 e. The third-order valence-electron chi connectivity index (χ3n) is 5.68. The van der Waals surface area contributed by atoms with Gasteiger partial charge in [0.05, 0.1) is 18.1 Å². The Bertz CT molecular complexity index is 1010. The topological polar surface area (TPSA) is 79.0 Å². The minimum atomic E-state index is -3.66. The Hall–Kier alpha value is -2.42. The lowest BCUT2D eigenvalue weighted by atomic mass is 10.1. The highest BCUT2D eigenvalue weighted by Crippen LogP contribution is 2.23. The average molecular weight is 460 g/mol. The molecule has 0 radical (unpaired) electrons. The number of ether oxygens (including phenoxy) is 1. The van der Waals surface area contributed by atoms with Crippen molar-refractivity contribution in [2.75, 3.05) is 51.8 Å². The average Bonchev–Trinajstić information content (AvgIpc) is 2.82. The third-order valence-corrected chi connectivity index (χ3v) is 7.66. The Balaban J connectivity index is 1.62. The molecule has 3 rings (SSSR count). The molecule has 2 aromatic carbocycles. The smallest absolute Gasteiger partial charge is 0.251 e. The van der Waals surface area contributed by atoms with Gasteiger partial charge in [-0.3, -0.25) is 4.79 Å². The monoisotopic (exact) mass is 459 g/mol. The molecule has 1 fully saturated rings. The molecule has 1 amide bonds. The molecular weight excluding hydrogens is 426 g/mol. The van der Waals surface area contributed by atoms with Gasteiger partial charge in [-0.1, -0.05) is 25.1 Å². The molecule has 0 aromatic heterocycles. The van der Waals surface area contributed by atoms with Gasteiger partial charge in [0, 0.05) is 45.0 Å². The number of benzene rings is 2. The Morgan fingerprint density at radius 2 is 1.78 bits per heavy atom. The van der Waals surface area contributed by atoms with Crippen LogP contribution in [-0.2, 0) is 27.6 Å². The van der Waals surface area contributed by atoms with Crippen molar-refractivity contribution in [2.45, 2.75) is 31.1 Å². The van der Waals surface area contributed by atoms with E-state index in [1.165, 1.54) is 15.9 Å². The molecule has 7 nitrogen and oxygen atoms in total. The van der Waals surface area contributed by atoms with Gasteiger partial charge in [-0.2, -0.15) is 4.31 Å². The summed E-state index contributed by atoms with van der Waals surface area (Å²) in [4.78, 5) is 15.0. The number of carbonyl (C=O) groups is 1. The van der Waals surface area contributed by atoms with Crippen LogP contribution in [-0.4, -0.2) is 65.6 Å². The molecule has 0 spiro atoms. The summed E-state index contributed by atoms with van der Waals surface area (Å²) in [7, 11) is 0.356. The van der Waals surface area contributed by atoms with Crippen LogP contribution in [0.2, 0.25) is 0 Å². The van der Waals surface area contributed by atoms with E-state index in [2.05, 4.69) is 34.5 Å². The van der Waals surface area contributed by atoms with Gasteiger partial charge < -0.3 is 15.0 Å². The fourth-order valence-corrected chi connectivity index (χ4v) is 5.44. The molecule has 1 N–H and O–H groups in total. The van der Waals surface area contributed by atoms with Crippen LogP contribution >= 0.6 is 0 Å². The zero-order chi connectivity index (χ0) is 23.1. The van der Waals surface area contributed by atoms with Crippen LogP contribution in [0.3, 0.4) is 0 Å². The SMILES string of the molecule is CCc1ccc(C(=O)NCCCc2ccc(N(C)C)cc2)cc1S(=O)(=O)N1CCOCC1. The van der Waals surface area contributed by atoms with Crippen molar-refractivity contribution in [3.8, 4) is 0 Å². The Labute approximate surface area is 191 Å². The molecule has 1 aliphatic heterocycles. The van der Waals surface area contributed by atoms with E-state index >= 15 is 0 Å². The zero-order valence-electron chi connectivity index (χ0n) is 19.1. The number of rotatable bonds is 9. The van der Waals surface area contributed by atoms with E-state index in [4.69, 9.17) is 4.74 Å². The first-order chi connectivity index (χ1) is 15.3. The molecule has 1 aliphatic rings. The van der Waals surface area contributed by atoms with E-state index in [0.717, 1.165) is 18.5 Å². The molecule has 1 heterocycles. The van der Waals surface area contributed by atoms with Crippen LogP contribution < -0.4 is 10.2 Å². The van der Waals surface area contributed by atoms with Crippen LogP contribution in [0.1, 0.15) is 34.8 Å². The maximum absolute atomic E-state index is 13.2. The third kappa shape index (κ3) is 5.88. The van der Waals surface area contributed by atoms with E-state index in [1.54, 1.807) is 12.1 Å². The van der Waals surface area contributed by atoms with E-state index in [-0.39, 0.29) is 10.8 Å². The second-order valence-corrected chi connectivity index (χ2v) is 10.0. The summed E-state index contributed by atoms with van der Waals surface area (Å²) < 4.78 is 33.0. The molecule has 174 valence electrons. The van der Waals surface area contributed by atoms with E-state index in [0.29, 0.717) is 50.4 Å². The van der Waals surface area contributed by atoms with Gasteiger partial charge >= 0.3 is 0 Å². The first kappa shape index (κ1) is 24.2. The summed E-state index contributed by atoms with van der Waals surface area (Å²) in [5.74, 6) is -0.256. The van der Waals surface area contributed by atoms with Crippen molar-refractivity contribution < 1.29 is 17.9 Å². The Morgan fingerprint density at radius 1 is 1.09 bits per heavy atom. The highest BCUT2D eigenvalue weighted by atomic mass is 32.2. The summed E-state index contributed by atoms with van der Waals surface area (Å²) in [5, 5.41) is 2.92. The lowest BCUT2D eigenvalue weighted by molar-refractivity contribution is 0.0730. The maximum Gasteiger partial charge on any atom is 0.251 e. The lowest BCUT2D eigenvalue weighted by Crippen LogP contribution is -2.41. The van der Waals surface area contributed by atoms with Gasteiger partial charge in [0.25, 0.3) is 5.91 Å². The molecule has 0 unspecified atom stereocenters. The van der Waals surface area contributed by atoms with Crippen molar-refractivity contribution in [1.82, 2.24) is 9.62 Å². The Morgan fingerprint density at radius 3 is 2.41 bits per heavy atom. The Kier molecular flexibility index (Phi) is 8.28. The summed E-state index contributed by atoms with van der Waals surface area (Å²) >= 11 is 0. The highest BCUT2D eigenvalue weighted by molar-refractivity contribution is 7.89. The standard InChI is InChI=1S/C24H33N3O4S/c1-4-20-9-10-21(18-23(20)32(29,30)27-14-16-31-17-15-27)24(28)25-13-5-6-19-7-11-22(12-8-19)26(2)3/h7-12,18H,4-6,13-17H2,1-3H3,(H,25,28). The van der Waals surface area contributed by atoms with Crippen LogP contribution in [0.25, 0.3) is 0 Å². The number of nitrogens with zero attached hydrogens (tertiary/aromatic N) is 2. The van der Waals surface area contributed by atoms with Gasteiger partial charge in [-0.25, -0.2) is 8.42 Å². The predicted octanol–water partition coefficient (Wildman–Crippen LogP) is 2.70. The maximum atomic E-state index is 13.2. The van der Waals surface area contributed by atoms with Crippen molar-refractivity contribution in [3.63, 3.8) is 0 Å². The van der Waals surface area contributed by atoms with Gasteiger partial charge in [-0.15, -0.1) is 0 Å². The molecule has 1 saturated heterocycles. The van der Waals surface area contributed by atoms with Crippen molar-refractivity contribution >= 4 is 21.6 Å².